The summed E-state index contributed by atoms with van der Waals surface area (Å²) in [4.78, 5) is 2.80. The molecule has 0 aliphatic rings. The van der Waals surface area contributed by atoms with Crippen molar-refractivity contribution in [3.63, 3.8) is 0 Å². The summed E-state index contributed by atoms with van der Waals surface area (Å²) in [5.41, 5.74) is 8.47. The lowest BCUT2D eigenvalue weighted by molar-refractivity contribution is 0.321. The number of rotatable bonds is 5. The van der Waals surface area contributed by atoms with Crippen molar-refractivity contribution in [2.24, 2.45) is 5.73 Å². The second-order valence-electron chi connectivity index (χ2n) is 5.72. The third-order valence-corrected chi connectivity index (χ3v) is 3.18. The number of thiocarbonyl (C=S) groups is 1. The summed E-state index contributed by atoms with van der Waals surface area (Å²) in [6.45, 7) is 11.4. The summed E-state index contributed by atoms with van der Waals surface area (Å²) in [6, 6.07) is 8.82. The Balaban J connectivity index is 2.71. The summed E-state index contributed by atoms with van der Waals surface area (Å²) < 4.78 is 0. The van der Waals surface area contributed by atoms with Gasteiger partial charge in [-0.1, -0.05) is 64.2 Å². The van der Waals surface area contributed by atoms with Gasteiger partial charge in [0.2, 0.25) is 0 Å². The average molecular weight is 264 g/mol. The van der Waals surface area contributed by atoms with Gasteiger partial charge in [0.15, 0.2) is 0 Å². The molecule has 2 N–H and O–H groups in total. The van der Waals surface area contributed by atoms with E-state index in [-0.39, 0.29) is 5.41 Å². The number of nitrogens with zero attached hydrogens (tertiary/aromatic N) is 1. The first-order valence-corrected chi connectivity index (χ1v) is 6.84. The molecule has 1 rings (SSSR count). The van der Waals surface area contributed by atoms with Gasteiger partial charge in [-0.3, -0.25) is 4.90 Å². The molecule has 3 heteroatoms. The molecule has 0 heterocycles. The molecule has 0 spiro atoms. The van der Waals surface area contributed by atoms with Crippen LogP contribution in [0.3, 0.4) is 0 Å². The number of benzene rings is 1. The van der Waals surface area contributed by atoms with Crippen LogP contribution < -0.4 is 5.73 Å². The molecule has 0 atom stereocenters. The monoisotopic (exact) mass is 264 g/mol. The molecule has 0 radical (unpaired) electrons. The smallest absolute Gasteiger partial charge is 0.0870 e. The van der Waals surface area contributed by atoms with Gasteiger partial charge in [0, 0.05) is 13.1 Å². The Kier molecular flexibility index (Phi) is 5.29. The highest BCUT2D eigenvalue weighted by molar-refractivity contribution is 7.80. The van der Waals surface area contributed by atoms with Gasteiger partial charge in [0.1, 0.15) is 0 Å². The van der Waals surface area contributed by atoms with Gasteiger partial charge >= 0.3 is 0 Å². The maximum absolute atomic E-state index is 5.59. The molecule has 0 saturated heterocycles. The maximum Gasteiger partial charge on any atom is 0.0870 e. The Morgan fingerprint density at radius 3 is 2.17 bits per heavy atom. The summed E-state index contributed by atoms with van der Waals surface area (Å²) in [5.74, 6) is 0. The van der Waals surface area contributed by atoms with Crippen molar-refractivity contribution < 1.29 is 0 Å². The SMILES string of the molecule is CCN(CC(N)=S)Cc1ccc(C(C)(C)C)cc1. The molecular formula is C15H24N2S. The Bertz CT molecular complexity index is 390. The van der Waals surface area contributed by atoms with Crippen LogP contribution in [-0.4, -0.2) is 23.0 Å². The summed E-state index contributed by atoms with van der Waals surface area (Å²) in [7, 11) is 0. The molecule has 100 valence electrons. The molecule has 0 aromatic heterocycles. The van der Waals surface area contributed by atoms with E-state index in [2.05, 4.69) is 56.9 Å². The molecule has 0 unspecified atom stereocenters. The van der Waals surface area contributed by atoms with E-state index in [1.165, 1.54) is 11.1 Å². The van der Waals surface area contributed by atoms with Crippen molar-refractivity contribution in [3.8, 4) is 0 Å². The predicted molar refractivity (Wildman–Crippen MR) is 82.9 cm³/mol. The second-order valence-corrected chi connectivity index (χ2v) is 6.24. The fraction of sp³-hybridized carbons (Fsp3) is 0.533. The van der Waals surface area contributed by atoms with Gasteiger partial charge in [-0.05, 0) is 23.1 Å². The molecule has 0 aliphatic heterocycles. The number of hydrogen-bond acceptors (Lipinski definition) is 2. The number of nitrogens with two attached hydrogens (primary N) is 1. The van der Waals surface area contributed by atoms with E-state index in [9.17, 15) is 0 Å². The molecule has 0 amide bonds. The van der Waals surface area contributed by atoms with Crippen LogP contribution in [0.4, 0.5) is 0 Å². The lowest BCUT2D eigenvalue weighted by Crippen LogP contribution is -2.32. The van der Waals surface area contributed by atoms with Crippen molar-refractivity contribution >= 4 is 17.2 Å². The topological polar surface area (TPSA) is 29.3 Å². The lowest BCUT2D eigenvalue weighted by atomic mass is 9.87. The zero-order valence-corrected chi connectivity index (χ0v) is 12.7. The van der Waals surface area contributed by atoms with Crippen LogP contribution >= 0.6 is 12.2 Å². The Labute approximate surface area is 116 Å². The van der Waals surface area contributed by atoms with E-state index in [0.717, 1.165) is 13.1 Å². The quantitative estimate of drug-likeness (QED) is 0.829. The van der Waals surface area contributed by atoms with E-state index in [1.807, 2.05) is 0 Å². The van der Waals surface area contributed by atoms with Crippen LogP contribution in [0.5, 0.6) is 0 Å². The first-order chi connectivity index (χ1) is 8.32. The minimum Gasteiger partial charge on any atom is -0.392 e. The molecule has 1 aromatic carbocycles. The van der Waals surface area contributed by atoms with Crippen molar-refractivity contribution in [2.75, 3.05) is 13.1 Å². The summed E-state index contributed by atoms with van der Waals surface area (Å²) in [6.07, 6.45) is 0. The Morgan fingerprint density at radius 2 is 1.78 bits per heavy atom. The fourth-order valence-corrected chi connectivity index (χ4v) is 2.05. The van der Waals surface area contributed by atoms with Crippen molar-refractivity contribution in [1.82, 2.24) is 4.90 Å². The van der Waals surface area contributed by atoms with E-state index in [1.54, 1.807) is 0 Å². The van der Waals surface area contributed by atoms with Crippen molar-refractivity contribution in [2.45, 2.75) is 39.7 Å². The first-order valence-electron chi connectivity index (χ1n) is 6.43. The Morgan fingerprint density at radius 1 is 1.22 bits per heavy atom. The van der Waals surface area contributed by atoms with Crippen molar-refractivity contribution in [3.05, 3.63) is 35.4 Å². The molecule has 0 fully saturated rings. The van der Waals surface area contributed by atoms with Crippen molar-refractivity contribution in [1.29, 1.82) is 0 Å². The molecule has 1 aromatic rings. The van der Waals surface area contributed by atoms with Crippen LogP contribution in [0, 0.1) is 0 Å². The minimum atomic E-state index is 0.210. The van der Waals surface area contributed by atoms with Crippen LogP contribution in [0.15, 0.2) is 24.3 Å². The highest BCUT2D eigenvalue weighted by Gasteiger charge is 2.13. The molecule has 0 bridgehead atoms. The van der Waals surface area contributed by atoms with Gasteiger partial charge in [-0.2, -0.15) is 0 Å². The lowest BCUT2D eigenvalue weighted by Gasteiger charge is -2.22. The highest BCUT2D eigenvalue weighted by atomic mass is 32.1. The van der Waals surface area contributed by atoms with E-state index in [4.69, 9.17) is 18.0 Å². The van der Waals surface area contributed by atoms with Gasteiger partial charge in [-0.25, -0.2) is 0 Å². The third-order valence-electron chi connectivity index (χ3n) is 3.05. The van der Waals surface area contributed by atoms with Crippen LogP contribution in [0.2, 0.25) is 0 Å². The molecule has 0 aliphatic carbocycles. The van der Waals surface area contributed by atoms with E-state index in [0.29, 0.717) is 11.5 Å². The summed E-state index contributed by atoms with van der Waals surface area (Å²) in [5, 5.41) is 0. The van der Waals surface area contributed by atoms with Gasteiger partial charge < -0.3 is 5.73 Å². The number of likely N-dealkylation sites (N-methyl/N-ethyl adjacent to an activating group) is 1. The zero-order chi connectivity index (χ0) is 13.8. The van der Waals surface area contributed by atoms with Crippen LogP contribution in [0.1, 0.15) is 38.8 Å². The third kappa shape index (κ3) is 4.75. The molecule has 2 nitrogen and oxygen atoms in total. The molecule has 0 saturated carbocycles. The zero-order valence-electron chi connectivity index (χ0n) is 11.9. The second kappa shape index (κ2) is 6.30. The first kappa shape index (κ1) is 15.1. The van der Waals surface area contributed by atoms with E-state index >= 15 is 0 Å². The standard InChI is InChI=1S/C15H24N2S/c1-5-17(11-14(16)18)10-12-6-8-13(9-7-12)15(2,3)4/h6-9H,5,10-11H2,1-4H3,(H2,16,18). The average Bonchev–Trinajstić information content (AvgIpc) is 2.27. The predicted octanol–water partition coefficient (Wildman–Crippen LogP) is 3.09. The number of hydrogen-bond donors (Lipinski definition) is 1. The molecule has 18 heavy (non-hydrogen) atoms. The minimum absolute atomic E-state index is 0.210. The highest BCUT2D eigenvalue weighted by Crippen LogP contribution is 2.22. The van der Waals surface area contributed by atoms with Gasteiger partial charge in [-0.15, -0.1) is 0 Å². The largest absolute Gasteiger partial charge is 0.392 e. The van der Waals surface area contributed by atoms with Crippen LogP contribution in [0.25, 0.3) is 0 Å². The van der Waals surface area contributed by atoms with Gasteiger partial charge in [0.05, 0.1) is 4.99 Å². The summed E-state index contributed by atoms with van der Waals surface area (Å²) >= 11 is 4.96. The van der Waals surface area contributed by atoms with Crippen LogP contribution in [-0.2, 0) is 12.0 Å². The normalized spacial score (nSPS) is 11.8. The fourth-order valence-electron chi connectivity index (χ4n) is 1.87. The maximum atomic E-state index is 5.59. The molecular weight excluding hydrogens is 240 g/mol. The van der Waals surface area contributed by atoms with E-state index < -0.39 is 0 Å². The Hall–Kier alpha value is -0.930. The van der Waals surface area contributed by atoms with Gasteiger partial charge in [0.25, 0.3) is 0 Å².